The lowest BCUT2D eigenvalue weighted by atomic mass is 10.0. The Morgan fingerprint density at radius 1 is 1.20 bits per heavy atom. The van der Waals surface area contributed by atoms with Gasteiger partial charge in [-0.1, -0.05) is 0 Å². The van der Waals surface area contributed by atoms with E-state index in [1.807, 2.05) is 6.07 Å². The number of rotatable bonds is 6. The summed E-state index contributed by atoms with van der Waals surface area (Å²) in [6.45, 7) is 1.17. The van der Waals surface area contributed by atoms with E-state index >= 15 is 0 Å². The fourth-order valence-corrected chi connectivity index (χ4v) is 4.38. The number of hydrogen-bond donors (Lipinski definition) is 3. The predicted molar refractivity (Wildman–Crippen MR) is 127 cm³/mol. The minimum Gasteiger partial charge on any atom is -0.349 e. The van der Waals surface area contributed by atoms with Crippen molar-refractivity contribution in [3.63, 3.8) is 0 Å². The fraction of sp³-hybridized carbons (Fsp3) is 0.333. The number of fused-ring (bicyclic) bond motifs is 2. The summed E-state index contributed by atoms with van der Waals surface area (Å²) in [5.41, 5.74) is 3.33. The van der Waals surface area contributed by atoms with Crippen molar-refractivity contribution in [2.45, 2.75) is 25.3 Å². The van der Waals surface area contributed by atoms with Crippen molar-refractivity contribution in [3.8, 4) is 11.1 Å². The molecule has 2 amide bonds. The van der Waals surface area contributed by atoms with E-state index in [2.05, 4.69) is 37.6 Å². The third kappa shape index (κ3) is 4.72. The Hall–Kier alpha value is -3.86. The second-order valence-corrected chi connectivity index (χ2v) is 8.78. The minimum atomic E-state index is -2.64. The number of aromatic amines is 1. The van der Waals surface area contributed by atoms with Gasteiger partial charge < -0.3 is 20.5 Å². The average Bonchev–Trinajstić information content (AvgIpc) is 3.47. The van der Waals surface area contributed by atoms with Crippen LogP contribution in [0.1, 0.15) is 33.6 Å². The number of nitrogens with one attached hydrogen (secondary N) is 3. The number of halogens is 2. The molecule has 0 spiro atoms. The SMILES string of the molecule is CN1CCC(NC(=O)c2cnc3[nH]cc(-c4ccn5ncc(C(=O)NCC(F)F)c5c4)c3c2)CC1. The Bertz CT molecular complexity index is 1390. The van der Waals surface area contributed by atoms with E-state index in [9.17, 15) is 18.4 Å². The molecule has 1 aliphatic rings. The Balaban J connectivity index is 1.43. The van der Waals surface area contributed by atoms with Gasteiger partial charge in [0, 0.05) is 35.6 Å². The van der Waals surface area contributed by atoms with Crippen LogP contribution in [0.4, 0.5) is 8.78 Å². The number of carbonyl (C=O) groups is 2. The molecule has 0 atom stereocenters. The van der Waals surface area contributed by atoms with Gasteiger partial charge in [-0.25, -0.2) is 18.3 Å². The summed E-state index contributed by atoms with van der Waals surface area (Å²) in [7, 11) is 2.07. The summed E-state index contributed by atoms with van der Waals surface area (Å²) in [5, 5.41) is 10.2. The summed E-state index contributed by atoms with van der Waals surface area (Å²) in [4.78, 5) is 35.0. The number of piperidine rings is 1. The smallest absolute Gasteiger partial charge is 0.255 e. The number of alkyl halides is 2. The molecular weight excluding hydrogens is 456 g/mol. The molecular formula is C24H25F2N7O2. The molecule has 1 saturated heterocycles. The molecule has 182 valence electrons. The van der Waals surface area contributed by atoms with Crippen molar-refractivity contribution in [2.75, 3.05) is 26.7 Å². The summed E-state index contributed by atoms with van der Waals surface area (Å²) in [6, 6.07) is 5.53. The van der Waals surface area contributed by atoms with Gasteiger partial charge in [0.15, 0.2) is 0 Å². The first-order valence-corrected chi connectivity index (χ1v) is 11.4. The number of carbonyl (C=O) groups excluding carboxylic acids is 2. The Morgan fingerprint density at radius 2 is 2.00 bits per heavy atom. The summed E-state index contributed by atoms with van der Waals surface area (Å²) >= 11 is 0. The minimum absolute atomic E-state index is 0.138. The third-order valence-corrected chi connectivity index (χ3v) is 6.34. The first-order valence-electron chi connectivity index (χ1n) is 11.4. The van der Waals surface area contributed by atoms with Crippen LogP contribution in [0, 0.1) is 0 Å². The van der Waals surface area contributed by atoms with E-state index in [0.717, 1.165) is 42.4 Å². The number of aromatic nitrogens is 4. The number of amides is 2. The van der Waals surface area contributed by atoms with Crippen LogP contribution in [0.5, 0.6) is 0 Å². The first-order chi connectivity index (χ1) is 16.9. The van der Waals surface area contributed by atoms with E-state index < -0.39 is 18.9 Å². The monoisotopic (exact) mass is 481 g/mol. The van der Waals surface area contributed by atoms with Gasteiger partial charge in [-0.05, 0) is 56.7 Å². The van der Waals surface area contributed by atoms with E-state index in [1.54, 1.807) is 30.7 Å². The van der Waals surface area contributed by atoms with Crippen LogP contribution in [-0.2, 0) is 0 Å². The molecule has 4 aromatic heterocycles. The maximum Gasteiger partial charge on any atom is 0.255 e. The van der Waals surface area contributed by atoms with Crippen LogP contribution in [-0.4, -0.2) is 75.4 Å². The van der Waals surface area contributed by atoms with Crippen molar-refractivity contribution in [1.82, 2.24) is 35.1 Å². The molecule has 3 N–H and O–H groups in total. The topological polar surface area (TPSA) is 107 Å². The van der Waals surface area contributed by atoms with Crippen LogP contribution < -0.4 is 10.6 Å². The van der Waals surface area contributed by atoms with Crippen molar-refractivity contribution < 1.29 is 18.4 Å². The molecule has 0 radical (unpaired) electrons. The normalized spacial score (nSPS) is 15.2. The lowest BCUT2D eigenvalue weighted by Gasteiger charge is -2.29. The molecule has 0 unspecified atom stereocenters. The van der Waals surface area contributed by atoms with Crippen molar-refractivity contribution in [2.24, 2.45) is 0 Å². The van der Waals surface area contributed by atoms with Gasteiger partial charge in [-0.15, -0.1) is 0 Å². The largest absolute Gasteiger partial charge is 0.349 e. The summed E-state index contributed by atoms with van der Waals surface area (Å²) in [5.74, 6) is -0.781. The Morgan fingerprint density at radius 3 is 2.77 bits per heavy atom. The first kappa shape index (κ1) is 22.9. The van der Waals surface area contributed by atoms with Crippen LogP contribution in [0.25, 0.3) is 27.7 Å². The maximum atomic E-state index is 12.9. The molecule has 1 fully saturated rings. The quantitative estimate of drug-likeness (QED) is 0.393. The lowest BCUT2D eigenvalue weighted by Crippen LogP contribution is -2.43. The molecule has 0 aromatic carbocycles. The molecule has 9 nitrogen and oxygen atoms in total. The molecule has 5 rings (SSSR count). The number of hydrogen-bond acceptors (Lipinski definition) is 5. The molecule has 1 aliphatic heterocycles. The van der Waals surface area contributed by atoms with Gasteiger partial charge >= 0.3 is 0 Å². The van der Waals surface area contributed by atoms with Crippen molar-refractivity contribution >= 4 is 28.4 Å². The number of H-pyrrole nitrogens is 1. The van der Waals surface area contributed by atoms with Crippen LogP contribution in [0.3, 0.4) is 0 Å². The van der Waals surface area contributed by atoms with Crippen molar-refractivity contribution in [1.29, 1.82) is 0 Å². The molecule has 0 bridgehead atoms. The number of nitrogens with zero attached hydrogens (tertiary/aromatic N) is 4. The molecule has 11 heteroatoms. The number of pyridine rings is 2. The summed E-state index contributed by atoms with van der Waals surface area (Å²) < 4.78 is 26.5. The second-order valence-electron chi connectivity index (χ2n) is 8.78. The summed E-state index contributed by atoms with van der Waals surface area (Å²) in [6.07, 6.45) is 5.56. The molecule has 4 aromatic rings. The van der Waals surface area contributed by atoms with E-state index in [-0.39, 0.29) is 17.5 Å². The fourth-order valence-electron chi connectivity index (χ4n) is 4.38. The van der Waals surface area contributed by atoms with Gasteiger partial charge in [0.25, 0.3) is 18.2 Å². The van der Waals surface area contributed by atoms with Gasteiger partial charge in [0.05, 0.1) is 29.4 Å². The lowest BCUT2D eigenvalue weighted by molar-refractivity contribution is 0.0892. The highest BCUT2D eigenvalue weighted by Gasteiger charge is 2.20. The van der Waals surface area contributed by atoms with Gasteiger partial charge in [0.1, 0.15) is 5.65 Å². The van der Waals surface area contributed by atoms with E-state index in [4.69, 9.17) is 0 Å². The standard InChI is InChI=1S/C24H25F2N7O2/c1-32-5-3-16(4-6-32)31-23(34)15-8-17-18(11-28-22(17)27-10-15)14-2-7-33-20(9-14)19(12-30-33)24(35)29-13-21(25)26/h2,7-12,16,21H,3-6,13H2,1H3,(H,27,28)(H,29,35)(H,31,34). The van der Waals surface area contributed by atoms with Crippen LogP contribution >= 0.6 is 0 Å². The average molecular weight is 482 g/mol. The Kier molecular flexibility index (Phi) is 6.16. The van der Waals surface area contributed by atoms with Crippen LogP contribution in [0.15, 0.2) is 43.0 Å². The van der Waals surface area contributed by atoms with Gasteiger partial charge in [-0.3, -0.25) is 9.59 Å². The zero-order chi connectivity index (χ0) is 24.5. The molecule has 0 saturated carbocycles. The Labute approximate surface area is 199 Å². The van der Waals surface area contributed by atoms with E-state index in [1.165, 1.54) is 10.7 Å². The third-order valence-electron chi connectivity index (χ3n) is 6.34. The highest BCUT2D eigenvalue weighted by atomic mass is 19.3. The number of likely N-dealkylation sites (tertiary alicyclic amines) is 1. The van der Waals surface area contributed by atoms with Gasteiger partial charge in [0.2, 0.25) is 0 Å². The molecule has 35 heavy (non-hydrogen) atoms. The maximum absolute atomic E-state index is 12.9. The zero-order valence-corrected chi connectivity index (χ0v) is 19.1. The predicted octanol–water partition coefficient (Wildman–Crippen LogP) is 2.70. The van der Waals surface area contributed by atoms with E-state index in [0.29, 0.717) is 16.7 Å². The highest BCUT2D eigenvalue weighted by molar-refractivity contribution is 6.03. The molecule has 0 aliphatic carbocycles. The second kappa shape index (κ2) is 9.41. The van der Waals surface area contributed by atoms with Crippen molar-refractivity contribution in [3.05, 3.63) is 54.1 Å². The zero-order valence-electron chi connectivity index (χ0n) is 19.1. The van der Waals surface area contributed by atoms with Crippen LogP contribution in [0.2, 0.25) is 0 Å². The van der Waals surface area contributed by atoms with Gasteiger partial charge in [-0.2, -0.15) is 5.10 Å². The molecule has 5 heterocycles. The highest BCUT2D eigenvalue weighted by Crippen LogP contribution is 2.30.